The summed E-state index contributed by atoms with van der Waals surface area (Å²) in [6.45, 7) is 17.6. The Hall–Kier alpha value is -0.730. The van der Waals surface area contributed by atoms with E-state index < -0.39 is 0 Å². The van der Waals surface area contributed by atoms with Gasteiger partial charge in [0.15, 0.2) is 0 Å². The molecule has 0 heterocycles. The highest BCUT2D eigenvalue weighted by Gasteiger charge is 2.20. The van der Waals surface area contributed by atoms with Crippen LogP contribution in [0, 0.1) is 0 Å². The summed E-state index contributed by atoms with van der Waals surface area (Å²) in [4.78, 5) is 0. The van der Waals surface area contributed by atoms with Gasteiger partial charge in [-0.1, -0.05) is 0 Å². The topological polar surface area (TPSA) is 27.1 Å². The number of guanidine groups is 1. The van der Waals surface area contributed by atoms with Crippen molar-refractivity contribution in [3.8, 4) is 0 Å². The maximum absolute atomic E-state index is 3.51. The Kier molecular flexibility index (Phi) is 6.46. The van der Waals surface area contributed by atoms with Gasteiger partial charge in [-0.15, -0.1) is 0 Å². The lowest BCUT2D eigenvalue weighted by Gasteiger charge is -2.23. The van der Waals surface area contributed by atoms with Crippen molar-refractivity contribution in [1.82, 2.24) is 10.6 Å². The molecule has 96 valence electrons. The average molecular weight is 228 g/mol. The van der Waals surface area contributed by atoms with E-state index in [1.165, 1.54) is 0 Å². The minimum atomic E-state index is 0.446. The molecule has 0 atom stereocenters. The molecule has 0 aliphatic rings. The van der Waals surface area contributed by atoms with Crippen LogP contribution in [0.3, 0.4) is 0 Å². The summed E-state index contributed by atoms with van der Waals surface area (Å²) < 4.78 is 2.39. The van der Waals surface area contributed by atoms with Crippen molar-refractivity contribution < 1.29 is 4.58 Å². The molecule has 0 spiro atoms. The Balaban J connectivity index is 5.10. The second-order valence-electron chi connectivity index (χ2n) is 5.54. The van der Waals surface area contributed by atoms with Crippen LogP contribution in [-0.4, -0.2) is 34.7 Å². The van der Waals surface area contributed by atoms with E-state index in [0.717, 1.165) is 5.96 Å². The molecule has 0 bridgehead atoms. The number of nitrogens with one attached hydrogen (secondary N) is 2. The van der Waals surface area contributed by atoms with Gasteiger partial charge in [-0.2, -0.15) is 0 Å². The molecular formula is C13H30N3+. The zero-order chi connectivity index (χ0) is 12.9. The second-order valence-corrected chi connectivity index (χ2v) is 5.54. The van der Waals surface area contributed by atoms with Gasteiger partial charge in [-0.3, -0.25) is 15.2 Å². The van der Waals surface area contributed by atoms with E-state index in [0.29, 0.717) is 24.2 Å². The van der Waals surface area contributed by atoms with Crippen molar-refractivity contribution in [2.45, 2.75) is 79.6 Å². The highest BCUT2D eigenvalue weighted by atomic mass is 15.3. The molecule has 0 unspecified atom stereocenters. The van der Waals surface area contributed by atoms with Crippen molar-refractivity contribution in [1.29, 1.82) is 0 Å². The van der Waals surface area contributed by atoms with E-state index in [1.807, 2.05) is 0 Å². The molecule has 0 aromatic carbocycles. The molecule has 0 aliphatic carbocycles. The fourth-order valence-corrected chi connectivity index (χ4v) is 1.85. The summed E-state index contributed by atoms with van der Waals surface area (Å²) in [6.07, 6.45) is 0. The van der Waals surface area contributed by atoms with Crippen LogP contribution in [0.25, 0.3) is 0 Å². The van der Waals surface area contributed by atoms with Crippen LogP contribution in [0.15, 0.2) is 0 Å². The average Bonchev–Trinajstić information content (AvgIpc) is 1.98. The zero-order valence-electron chi connectivity index (χ0n) is 12.3. The third-order valence-electron chi connectivity index (χ3n) is 2.22. The first-order valence-corrected chi connectivity index (χ1v) is 6.44. The molecule has 0 aromatic heterocycles. The predicted molar refractivity (Wildman–Crippen MR) is 72.1 cm³/mol. The molecule has 0 saturated heterocycles. The maximum atomic E-state index is 3.51. The number of nitrogens with zero attached hydrogens (tertiary/aromatic N) is 1. The van der Waals surface area contributed by atoms with Crippen molar-refractivity contribution in [2.24, 2.45) is 0 Å². The SMILES string of the molecule is CC(C)NC(NC(C)C)=[N+](C(C)C)C(C)C. The van der Waals surface area contributed by atoms with Crippen LogP contribution in [0.5, 0.6) is 0 Å². The van der Waals surface area contributed by atoms with Crippen LogP contribution in [0.1, 0.15) is 55.4 Å². The molecule has 0 aromatic rings. The van der Waals surface area contributed by atoms with E-state index >= 15 is 0 Å². The van der Waals surface area contributed by atoms with Crippen molar-refractivity contribution >= 4 is 5.96 Å². The standard InChI is InChI=1S/C13H29N3/c1-9(2)14-13(15-10(3)4)16(11(5)6)12(7)8/h9-12H,1-8H3,(H,14,15)/p+1. The van der Waals surface area contributed by atoms with Gasteiger partial charge in [-0.25, -0.2) is 0 Å². The molecule has 0 saturated carbocycles. The molecular weight excluding hydrogens is 198 g/mol. The summed E-state index contributed by atoms with van der Waals surface area (Å²) in [5.41, 5.74) is 0. The minimum Gasteiger partial charge on any atom is -0.276 e. The summed E-state index contributed by atoms with van der Waals surface area (Å²) in [5.74, 6) is 1.15. The Morgan fingerprint density at radius 2 is 1.00 bits per heavy atom. The Bertz CT molecular complexity index is 205. The fraction of sp³-hybridized carbons (Fsp3) is 0.923. The summed E-state index contributed by atoms with van der Waals surface area (Å²) in [5, 5.41) is 7.01. The highest BCUT2D eigenvalue weighted by Crippen LogP contribution is 1.98. The normalized spacial score (nSPS) is 11.5. The molecule has 0 radical (unpaired) electrons. The van der Waals surface area contributed by atoms with Crippen molar-refractivity contribution in [2.75, 3.05) is 0 Å². The van der Waals surface area contributed by atoms with Gasteiger partial charge in [0.2, 0.25) is 0 Å². The first-order chi connectivity index (χ1) is 7.25. The first-order valence-electron chi connectivity index (χ1n) is 6.44. The molecule has 0 amide bonds. The van der Waals surface area contributed by atoms with Gasteiger partial charge in [0.25, 0.3) is 0 Å². The summed E-state index contributed by atoms with van der Waals surface area (Å²) >= 11 is 0. The van der Waals surface area contributed by atoms with Gasteiger partial charge in [-0.05, 0) is 55.4 Å². The first kappa shape index (κ1) is 15.3. The van der Waals surface area contributed by atoms with Crippen LogP contribution in [-0.2, 0) is 0 Å². The summed E-state index contributed by atoms with van der Waals surface area (Å²) in [7, 11) is 0. The Morgan fingerprint density at radius 1 is 0.688 bits per heavy atom. The van der Waals surface area contributed by atoms with Gasteiger partial charge >= 0.3 is 5.96 Å². The van der Waals surface area contributed by atoms with Crippen LogP contribution < -0.4 is 10.6 Å². The third kappa shape index (κ3) is 5.38. The van der Waals surface area contributed by atoms with Crippen molar-refractivity contribution in [3.63, 3.8) is 0 Å². The molecule has 0 fully saturated rings. The summed E-state index contributed by atoms with van der Waals surface area (Å²) in [6, 6.07) is 1.88. The lowest BCUT2D eigenvalue weighted by atomic mass is 10.2. The molecule has 0 aliphatic heterocycles. The van der Waals surface area contributed by atoms with E-state index in [-0.39, 0.29) is 0 Å². The van der Waals surface area contributed by atoms with Gasteiger partial charge in [0, 0.05) is 0 Å². The second kappa shape index (κ2) is 6.77. The molecule has 3 heteroatoms. The predicted octanol–water partition coefficient (Wildman–Crippen LogP) is 2.17. The monoisotopic (exact) mass is 228 g/mol. The Morgan fingerprint density at radius 3 is 1.19 bits per heavy atom. The van der Waals surface area contributed by atoms with E-state index in [4.69, 9.17) is 0 Å². The minimum absolute atomic E-state index is 0.446. The smallest absolute Gasteiger partial charge is 0.276 e. The number of hydrogen-bond donors (Lipinski definition) is 2. The van der Waals surface area contributed by atoms with E-state index in [2.05, 4.69) is 70.6 Å². The van der Waals surface area contributed by atoms with Gasteiger partial charge in [0.05, 0.1) is 24.2 Å². The zero-order valence-corrected chi connectivity index (χ0v) is 12.3. The quantitative estimate of drug-likeness (QED) is 0.438. The Labute approximate surface area is 101 Å². The lowest BCUT2D eigenvalue weighted by Crippen LogP contribution is -2.52. The maximum Gasteiger partial charge on any atom is 0.346 e. The van der Waals surface area contributed by atoms with Crippen molar-refractivity contribution in [3.05, 3.63) is 0 Å². The van der Waals surface area contributed by atoms with Crippen LogP contribution in [0.4, 0.5) is 0 Å². The van der Waals surface area contributed by atoms with E-state index in [1.54, 1.807) is 0 Å². The van der Waals surface area contributed by atoms with Crippen LogP contribution in [0.2, 0.25) is 0 Å². The molecule has 3 nitrogen and oxygen atoms in total. The van der Waals surface area contributed by atoms with Gasteiger partial charge in [0.1, 0.15) is 0 Å². The van der Waals surface area contributed by atoms with E-state index in [9.17, 15) is 0 Å². The lowest BCUT2D eigenvalue weighted by molar-refractivity contribution is -0.591. The third-order valence-corrected chi connectivity index (χ3v) is 2.22. The highest BCUT2D eigenvalue weighted by molar-refractivity contribution is 5.75. The molecule has 0 rings (SSSR count). The van der Waals surface area contributed by atoms with Gasteiger partial charge < -0.3 is 0 Å². The number of hydrogen-bond acceptors (Lipinski definition) is 0. The number of rotatable bonds is 4. The molecule has 2 N–H and O–H groups in total. The molecule has 16 heavy (non-hydrogen) atoms. The fourth-order valence-electron chi connectivity index (χ4n) is 1.85. The largest absolute Gasteiger partial charge is 0.346 e. The van der Waals surface area contributed by atoms with Crippen LogP contribution >= 0.6 is 0 Å².